The molecule has 0 bridgehead atoms. The summed E-state index contributed by atoms with van der Waals surface area (Å²) in [5, 5.41) is 40.6. The standard InChI is InChI=1S/C13H25NO7/c1-7(17)14-9-11(19)10(18)8(6-16)20-12(9)21-13(2,3)4-5-15/h8-12,15-16,18-19H,4-6H2,1-3H3,(H,14,17)/t8-,9-,10+,11-,12?/m1/s1. The number of amides is 1. The van der Waals surface area contributed by atoms with Crippen LogP contribution in [0.25, 0.3) is 0 Å². The summed E-state index contributed by atoms with van der Waals surface area (Å²) < 4.78 is 11.1. The van der Waals surface area contributed by atoms with Gasteiger partial charge < -0.3 is 35.2 Å². The highest BCUT2D eigenvalue weighted by molar-refractivity contribution is 5.73. The monoisotopic (exact) mass is 307 g/mol. The molecule has 1 fully saturated rings. The molecule has 1 unspecified atom stereocenters. The van der Waals surface area contributed by atoms with Crippen LogP contribution in [0, 0.1) is 0 Å². The van der Waals surface area contributed by atoms with Crippen LogP contribution in [0.15, 0.2) is 0 Å². The summed E-state index contributed by atoms with van der Waals surface area (Å²) in [5.41, 5.74) is -0.766. The van der Waals surface area contributed by atoms with E-state index in [0.29, 0.717) is 6.42 Å². The maximum atomic E-state index is 11.2. The van der Waals surface area contributed by atoms with Crippen molar-refractivity contribution in [2.24, 2.45) is 0 Å². The first kappa shape index (κ1) is 18.3. The van der Waals surface area contributed by atoms with E-state index in [1.165, 1.54) is 6.92 Å². The maximum Gasteiger partial charge on any atom is 0.217 e. The van der Waals surface area contributed by atoms with Gasteiger partial charge in [-0.25, -0.2) is 0 Å². The number of hydrogen-bond donors (Lipinski definition) is 5. The molecule has 0 radical (unpaired) electrons. The van der Waals surface area contributed by atoms with E-state index in [1.807, 2.05) is 0 Å². The minimum absolute atomic E-state index is 0.0981. The number of hydrogen-bond acceptors (Lipinski definition) is 7. The SMILES string of the molecule is CC(=O)N[C@H]1C(OC(C)(C)CCO)O[C@H](CO)[C@H](O)[C@@H]1O. The van der Waals surface area contributed by atoms with Gasteiger partial charge >= 0.3 is 0 Å². The second kappa shape index (κ2) is 7.48. The van der Waals surface area contributed by atoms with Gasteiger partial charge in [0.05, 0.1) is 12.2 Å². The number of carbonyl (C=O) groups is 1. The molecule has 5 atom stereocenters. The van der Waals surface area contributed by atoms with Gasteiger partial charge in [0.25, 0.3) is 0 Å². The summed E-state index contributed by atoms with van der Waals surface area (Å²) in [6.45, 7) is 4.13. The molecule has 5 N–H and O–H groups in total. The highest BCUT2D eigenvalue weighted by atomic mass is 16.7. The predicted octanol–water partition coefficient (Wildman–Crippen LogP) is -1.89. The van der Waals surface area contributed by atoms with Crippen molar-refractivity contribution in [3.05, 3.63) is 0 Å². The van der Waals surface area contributed by atoms with Crippen LogP contribution in [-0.4, -0.2) is 75.8 Å². The molecule has 1 aliphatic rings. The van der Waals surface area contributed by atoms with Crippen molar-refractivity contribution in [1.29, 1.82) is 0 Å². The van der Waals surface area contributed by atoms with Gasteiger partial charge in [-0.1, -0.05) is 0 Å². The molecule has 1 rings (SSSR count). The highest BCUT2D eigenvalue weighted by Crippen LogP contribution is 2.27. The lowest BCUT2D eigenvalue weighted by molar-refractivity contribution is -0.296. The van der Waals surface area contributed by atoms with E-state index in [2.05, 4.69) is 5.32 Å². The van der Waals surface area contributed by atoms with Gasteiger partial charge in [-0.2, -0.15) is 0 Å². The van der Waals surface area contributed by atoms with E-state index < -0.39 is 48.8 Å². The summed E-state index contributed by atoms with van der Waals surface area (Å²) in [6, 6.07) is -0.974. The third-order valence-corrected chi connectivity index (χ3v) is 3.40. The van der Waals surface area contributed by atoms with E-state index in [9.17, 15) is 20.1 Å². The molecule has 1 amide bonds. The van der Waals surface area contributed by atoms with Crippen molar-refractivity contribution in [3.63, 3.8) is 0 Å². The zero-order valence-electron chi connectivity index (χ0n) is 12.5. The summed E-state index contributed by atoms with van der Waals surface area (Å²) in [6.07, 6.45) is -4.42. The summed E-state index contributed by atoms with van der Waals surface area (Å²) in [4.78, 5) is 11.2. The predicted molar refractivity (Wildman–Crippen MR) is 72.2 cm³/mol. The van der Waals surface area contributed by atoms with Crippen molar-refractivity contribution in [2.45, 2.75) is 63.4 Å². The number of nitrogens with one attached hydrogen (secondary N) is 1. The van der Waals surface area contributed by atoms with Gasteiger partial charge in [0.2, 0.25) is 5.91 Å². The fraction of sp³-hybridized carbons (Fsp3) is 0.923. The number of rotatable bonds is 6. The van der Waals surface area contributed by atoms with Crippen molar-refractivity contribution in [3.8, 4) is 0 Å². The Morgan fingerprint density at radius 2 is 1.90 bits per heavy atom. The number of aliphatic hydroxyl groups excluding tert-OH is 4. The normalized spacial score (nSPS) is 33.8. The molecule has 1 saturated heterocycles. The van der Waals surface area contributed by atoms with Gasteiger partial charge in [0, 0.05) is 13.5 Å². The van der Waals surface area contributed by atoms with Crippen LogP contribution in [0.4, 0.5) is 0 Å². The molecule has 0 aromatic carbocycles. The Labute approximate surface area is 123 Å². The fourth-order valence-corrected chi connectivity index (χ4v) is 2.21. The van der Waals surface area contributed by atoms with Crippen LogP contribution in [-0.2, 0) is 14.3 Å². The molecule has 8 heteroatoms. The zero-order valence-corrected chi connectivity index (χ0v) is 12.5. The summed E-state index contributed by atoms with van der Waals surface area (Å²) in [5.74, 6) is -0.411. The van der Waals surface area contributed by atoms with Crippen LogP contribution < -0.4 is 5.32 Å². The number of carbonyl (C=O) groups excluding carboxylic acids is 1. The highest BCUT2D eigenvalue weighted by Gasteiger charge is 2.46. The smallest absolute Gasteiger partial charge is 0.217 e. The average molecular weight is 307 g/mol. The summed E-state index contributed by atoms with van der Waals surface area (Å²) in [7, 11) is 0. The Kier molecular flexibility index (Phi) is 6.51. The minimum Gasteiger partial charge on any atom is -0.396 e. The molecule has 0 aromatic heterocycles. The molecule has 0 aliphatic carbocycles. The average Bonchev–Trinajstić information content (AvgIpc) is 2.37. The van der Waals surface area contributed by atoms with E-state index >= 15 is 0 Å². The van der Waals surface area contributed by atoms with E-state index in [4.69, 9.17) is 14.6 Å². The molecular formula is C13H25NO7. The lowest BCUT2D eigenvalue weighted by Gasteiger charge is -2.44. The van der Waals surface area contributed by atoms with Crippen LogP contribution in [0.3, 0.4) is 0 Å². The fourth-order valence-electron chi connectivity index (χ4n) is 2.21. The lowest BCUT2D eigenvalue weighted by Crippen LogP contribution is -2.65. The topological polar surface area (TPSA) is 128 Å². The molecule has 1 aliphatic heterocycles. The first-order chi connectivity index (χ1) is 9.71. The first-order valence-corrected chi connectivity index (χ1v) is 6.90. The second-order valence-electron chi connectivity index (χ2n) is 5.78. The Morgan fingerprint density at radius 3 is 2.38 bits per heavy atom. The Hall–Kier alpha value is -0.770. The van der Waals surface area contributed by atoms with Crippen molar-refractivity contribution >= 4 is 5.91 Å². The molecule has 8 nitrogen and oxygen atoms in total. The van der Waals surface area contributed by atoms with Gasteiger partial charge in [0.15, 0.2) is 6.29 Å². The first-order valence-electron chi connectivity index (χ1n) is 6.90. The van der Waals surface area contributed by atoms with Crippen LogP contribution in [0.1, 0.15) is 27.2 Å². The minimum atomic E-state index is -1.34. The Morgan fingerprint density at radius 1 is 1.29 bits per heavy atom. The van der Waals surface area contributed by atoms with E-state index in [1.54, 1.807) is 13.8 Å². The van der Waals surface area contributed by atoms with Crippen molar-refractivity contribution in [2.75, 3.05) is 13.2 Å². The van der Waals surface area contributed by atoms with Gasteiger partial charge in [0.1, 0.15) is 24.4 Å². The Balaban J connectivity index is 2.90. The maximum absolute atomic E-state index is 11.2. The van der Waals surface area contributed by atoms with Gasteiger partial charge in [-0.3, -0.25) is 4.79 Å². The molecular weight excluding hydrogens is 282 g/mol. The van der Waals surface area contributed by atoms with Crippen molar-refractivity contribution in [1.82, 2.24) is 5.32 Å². The Bertz CT molecular complexity index is 349. The lowest BCUT2D eigenvalue weighted by atomic mass is 9.96. The number of aliphatic hydroxyl groups is 4. The van der Waals surface area contributed by atoms with E-state index in [0.717, 1.165) is 0 Å². The van der Waals surface area contributed by atoms with Gasteiger partial charge in [-0.15, -0.1) is 0 Å². The third-order valence-electron chi connectivity index (χ3n) is 3.40. The molecule has 0 aromatic rings. The van der Waals surface area contributed by atoms with E-state index in [-0.39, 0.29) is 6.61 Å². The van der Waals surface area contributed by atoms with Crippen LogP contribution in [0.5, 0.6) is 0 Å². The molecule has 124 valence electrons. The largest absolute Gasteiger partial charge is 0.396 e. The van der Waals surface area contributed by atoms with Crippen LogP contribution >= 0.6 is 0 Å². The molecule has 1 heterocycles. The van der Waals surface area contributed by atoms with Crippen LogP contribution in [0.2, 0.25) is 0 Å². The number of ether oxygens (including phenoxy) is 2. The molecule has 21 heavy (non-hydrogen) atoms. The summed E-state index contributed by atoms with van der Waals surface area (Å²) >= 11 is 0. The molecule has 0 saturated carbocycles. The third kappa shape index (κ3) is 4.87. The molecule has 0 spiro atoms. The van der Waals surface area contributed by atoms with Crippen molar-refractivity contribution < 1.29 is 34.7 Å². The van der Waals surface area contributed by atoms with Gasteiger partial charge in [-0.05, 0) is 20.3 Å². The second-order valence-corrected chi connectivity index (χ2v) is 5.78. The zero-order chi connectivity index (χ0) is 16.2. The quantitative estimate of drug-likeness (QED) is 0.388.